The number of para-hydroxylation sites is 1. The van der Waals surface area contributed by atoms with Gasteiger partial charge in [-0.2, -0.15) is 0 Å². The Morgan fingerprint density at radius 1 is 1.00 bits per heavy atom. The maximum atomic E-state index is 11.3. The largest absolute Gasteiger partial charge is 0.478 e. The summed E-state index contributed by atoms with van der Waals surface area (Å²) in [6.45, 7) is 3.14. The van der Waals surface area contributed by atoms with E-state index < -0.39 is 5.97 Å². The highest BCUT2D eigenvalue weighted by atomic mass is 16.4. The minimum Gasteiger partial charge on any atom is -0.478 e. The van der Waals surface area contributed by atoms with Crippen molar-refractivity contribution in [2.45, 2.75) is 32.6 Å². The molecule has 0 spiro atoms. The smallest absolute Gasteiger partial charge is 0.335 e. The Kier molecular flexibility index (Phi) is 6.01. The van der Waals surface area contributed by atoms with Crippen molar-refractivity contribution in [2.75, 3.05) is 11.9 Å². The average molecular weight is 297 g/mol. The van der Waals surface area contributed by atoms with E-state index in [1.165, 1.54) is 12.8 Å². The van der Waals surface area contributed by atoms with Gasteiger partial charge in [-0.3, -0.25) is 0 Å². The summed E-state index contributed by atoms with van der Waals surface area (Å²) in [4.78, 5) is 11.3. The molecule has 0 heterocycles. The molecular formula is C19H23NO2. The lowest BCUT2D eigenvalue weighted by atomic mass is 9.98. The van der Waals surface area contributed by atoms with Crippen LogP contribution in [0.5, 0.6) is 0 Å². The van der Waals surface area contributed by atoms with E-state index in [1.54, 1.807) is 12.1 Å². The molecule has 0 amide bonds. The predicted octanol–water partition coefficient (Wildman–Crippen LogP) is 4.58. The number of hydrogen-bond acceptors (Lipinski definition) is 2. The van der Waals surface area contributed by atoms with E-state index in [1.807, 2.05) is 24.3 Å². The second kappa shape index (κ2) is 8.23. The average Bonchev–Trinajstić information content (AvgIpc) is 2.53. The Hall–Kier alpha value is -2.29. The summed E-state index contributed by atoms with van der Waals surface area (Å²) < 4.78 is 0. The molecule has 0 aromatic heterocycles. The highest BCUT2D eigenvalue weighted by Gasteiger charge is 2.11. The Morgan fingerprint density at radius 3 is 2.41 bits per heavy atom. The van der Waals surface area contributed by atoms with Crippen LogP contribution in [0.2, 0.25) is 0 Å². The standard InChI is InChI=1S/C19H23NO2/c1-2-3-8-13-20-18-12-7-5-10-16(18)14-15-9-4-6-11-17(15)19(21)22/h4-7,9-12,20H,2-3,8,13-14H2,1H3,(H,21,22). The minimum absolute atomic E-state index is 0.378. The van der Waals surface area contributed by atoms with Crippen LogP contribution in [0.3, 0.4) is 0 Å². The molecule has 0 saturated carbocycles. The Bertz CT molecular complexity index is 622. The van der Waals surface area contributed by atoms with Gasteiger partial charge in [0.2, 0.25) is 0 Å². The van der Waals surface area contributed by atoms with E-state index in [4.69, 9.17) is 0 Å². The molecule has 0 unspecified atom stereocenters. The van der Waals surface area contributed by atoms with Crippen LogP contribution in [-0.4, -0.2) is 17.6 Å². The lowest BCUT2D eigenvalue weighted by Crippen LogP contribution is -2.06. The number of benzene rings is 2. The quantitative estimate of drug-likeness (QED) is 0.701. The number of carbonyl (C=O) groups is 1. The molecule has 0 bridgehead atoms. The van der Waals surface area contributed by atoms with Gasteiger partial charge in [0.25, 0.3) is 0 Å². The number of unbranched alkanes of at least 4 members (excludes halogenated alkanes) is 2. The van der Waals surface area contributed by atoms with Crippen LogP contribution in [0.25, 0.3) is 0 Å². The third-order valence-corrected chi connectivity index (χ3v) is 3.74. The molecule has 22 heavy (non-hydrogen) atoms. The van der Waals surface area contributed by atoms with Crippen molar-refractivity contribution in [3.05, 3.63) is 65.2 Å². The molecule has 0 radical (unpaired) electrons. The van der Waals surface area contributed by atoms with E-state index in [9.17, 15) is 9.90 Å². The van der Waals surface area contributed by atoms with Crippen molar-refractivity contribution in [2.24, 2.45) is 0 Å². The molecule has 0 aliphatic heterocycles. The molecule has 3 nitrogen and oxygen atoms in total. The fraction of sp³-hybridized carbons (Fsp3) is 0.316. The molecule has 0 aliphatic rings. The first-order valence-corrected chi connectivity index (χ1v) is 7.85. The van der Waals surface area contributed by atoms with Crippen molar-refractivity contribution in [1.82, 2.24) is 0 Å². The lowest BCUT2D eigenvalue weighted by molar-refractivity contribution is 0.0696. The molecule has 2 rings (SSSR count). The fourth-order valence-corrected chi connectivity index (χ4v) is 2.53. The highest BCUT2D eigenvalue weighted by molar-refractivity contribution is 5.89. The molecular weight excluding hydrogens is 274 g/mol. The summed E-state index contributed by atoms with van der Waals surface area (Å²) in [6.07, 6.45) is 4.20. The first-order chi connectivity index (χ1) is 10.7. The molecule has 2 N–H and O–H groups in total. The summed E-state index contributed by atoms with van der Waals surface area (Å²) >= 11 is 0. The van der Waals surface area contributed by atoms with Gasteiger partial charge in [0.15, 0.2) is 0 Å². The first-order valence-electron chi connectivity index (χ1n) is 7.85. The van der Waals surface area contributed by atoms with Crippen LogP contribution in [0.15, 0.2) is 48.5 Å². The lowest BCUT2D eigenvalue weighted by Gasteiger charge is -2.13. The van der Waals surface area contributed by atoms with Crippen molar-refractivity contribution in [3.63, 3.8) is 0 Å². The van der Waals surface area contributed by atoms with Crippen molar-refractivity contribution in [1.29, 1.82) is 0 Å². The number of carboxylic acids is 1. The van der Waals surface area contributed by atoms with Crippen molar-refractivity contribution in [3.8, 4) is 0 Å². The predicted molar refractivity (Wildman–Crippen MR) is 90.7 cm³/mol. The maximum absolute atomic E-state index is 11.3. The normalized spacial score (nSPS) is 10.4. The molecule has 0 fully saturated rings. The minimum atomic E-state index is -0.871. The zero-order valence-corrected chi connectivity index (χ0v) is 13.0. The summed E-state index contributed by atoms with van der Waals surface area (Å²) in [5, 5.41) is 12.8. The molecule has 0 saturated heterocycles. The molecule has 2 aromatic rings. The van der Waals surface area contributed by atoms with E-state index >= 15 is 0 Å². The van der Waals surface area contributed by atoms with Gasteiger partial charge in [-0.15, -0.1) is 0 Å². The molecule has 2 aromatic carbocycles. The van der Waals surface area contributed by atoms with Gasteiger partial charge < -0.3 is 10.4 Å². The Morgan fingerprint density at radius 2 is 1.68 bits per heavy atom. The number of anilines is 1. The van der Waals surface area contributed by atoms with Crippen molar-refractivity contribution < 1.29 is 9.90 Å². The zero-order valence-electron chi connectivity index (χ0n) is 13.0. The van der Waals surface area contributed by atoms with Crippen LogP contribution >= 0.6 is 0 Å². The van der Waals surface area contributed by atoms with E-state index in [-0.39, 0.29) is 0 Å². The van der Waals surface area contributed by atoms with E-state index in [2.05, 4.69) is 24.4 Å². The van der Waals surface area contributed by atoms with Crippen LogP contribution in [-0.2, 0) is 6.42 Å². The van der Waals surface area contributed by atoms with Crippen molar-refractivity contribution >= 4 is 11.7 Å². The van der Waals surface area contributed by atoms with Crippen LogP contribution in [0.1, 0.15) is 47.7 Å². The van der Waals surface area contributed by atoms with E-state index in [0.29, 0.717) is 12.0 Å². The number of aromatic carboxylic acids is 1. The van der Waals surface area contributed by atoms with Gasteiger partial charge in [0, 0.05) is 18.7 Å². The molecule has 3 heteroatoms. The van der Waals surface area contributed by atoms with Gasteiger partial charge in [-0.25, -0.2) is 4.79 Å². The summed E-state index contributed by atoms with van der Waals surface area (Å²) in [6, 6.07) is 15.3. The number of carboxylic acid groups (broad SMARTS) is 1. The van der Waals surface area contributed by atoms with Crippen LogP contribution < -0.4 is 5.32 Å². The van der Waals surface area contributed by atoms with Crippen LogP contribution in [0.4, 0.5) is 5.69 Å². The van der Waals surface area contributed by atoms with E-state index in [0.717, 1.165) is 29.8 Å². The summed E-state index contributed by atoms with van der Waals surface area (Å²) in [5.41, 5.74) is 3.45. The van der Waals surface area contributed by atoms with Gasteiger partial charge in [0.05, 0.1) is 5.56 Å². The topological polar surface area (TPSA) is 49.3 Å². The number of rotatable bonds is 8. The molecule has 0 aliphatic carbocycles. The fourth-order valence-electron chi connectivity index (χ4n) is 2.53. The Balaban J connectivity index is 2.14. The second-order valence-electron chi connectivity index (χ2n) is 5.43. The summed E-state index contributed by atoms with van der Waals surface area (Å²) in [5.74, 6) is -0.871. The molecule has 0 atom stereocenters. The SMILES string of the molecule is CCCCCNc1ccccc1Cc1ccccc1C(=O)O. The molecule has 116 valence electrons. The number of nitrogens with one attached hydrogen (secondary N) is 1. The van der Waals surface area contributed by atoms with Gasteiger partial charge in [-0.1, -0.05) is 56.2 Å². The first kappa shape index (κ1) is 16.1. The second-order valence-corrected chi connectivity index (χ2v) is 5.43. The Labute approximate surface area is 132 Å². The third-order valence-electron chi connectivity index (χ3n) is 3.74. The monoisotopic (exact) mass is 297 g/mol. The van der Waals surface area contributed by atoms with Gasteiger partial charge in [-0.05, 0) is 29.7 Å². The number of hydrogen-bond donors (Lipinski definition) is 2. The zero-order chi connectivity index (χ0) is 15.8. The van der Waals surface area contributed by atoms with Crippen LogP contribution in [0, 0.1) is 0 Å². The third kappa shape index (κ3) is 4.35. The van der Waals surface area contributed by atoms with Gasteiger partial charge >= 0.3 is 5.97 Å². The summed E-state index contributed by atoms with van der Waals surface area (Å²) in [7, 11) is 0. The van der Waals surface area contributed by atoms with Gasteiger partial charge in [0.1, 0.15) is 0 Å². The highest BCUT2D eigenvalue weighted by Crippen LogP contribution is 2.21. The maximum Gasteiger partial charge on any atom is 0.335 e.